The van der Waals surface area contributed by atoms with Crippen LogP contribution in [0.3, 0.4) is 0 Å². The van der Waals surface area contributed by atoms with E-state index in [0.717, 1.165) is 55.8 Å². The Morgan fingerprint density at radius 2 is 2.03 bits per heavy atom. The molecule has 2 heterocycles. The monoisotopic (exact) mass is 484 g/mol. The summed E-state index contributed by atoms with van der Waals surface area (Å²) >= 11 is 6.46. The van der Waals surface area contributed by atoms with Gasteiger partial charge in [0.1, 0.15) is 11.3 Å². The molecule has 180 valence electrons. The number of aromatic nitrogens is 1. The van der Waals surface area contributed by atoms with Crippen molar-refractivity contribution in [3.63, 3.8) is 0 Å². The van der Waals surface area contributed by atoms with Crippen LogP contribution in [-0.2, 0) is 11.3 Å². The molecule has 1 aliphatic carbocycles. The van der Waals surface area contributed by atoms with Crippen LogP contribution >= 0.6 is 11.6 Å². The predicted octanol–water partition coefficient (Wildman–Crippen LogP) is 5.90. The Labute approximate surface area is 204 Å². The molecule has 1 atom stereocenters. The number of nitrogens with zero attached hydrogens (tertiary/aromatic N) is 3. The van der Waals surface area contributed by atoms with Crippen LogP contribution < -0.4 is 5.32 Å². The van der Waals surface area contributed by atoms with Gasteiger partial charge in [0, 0.05) is 54.9 Å². The zero-order valence-electron chi connectivity index (χ0n) is 19.6. The van der Waals surface area contributed by atoms with Crippen molar-refractivity contribution in [3.05, 3.63) is 52.3 Å². The molecular formula is C26H30ClFN4O2. The number of carbonyl (C=O) groups is 1. The van der Waals surface area contributed by atoms with Crippen molar-refractivity contribution in [2.45, 2.75) is 52.1 Å². The number of oxazole rings is 1. The first-order chi connectivity index (χ1) is 16.4. The number of hydrogen-bond donors (Lipinski definition) is 1. The van der Waals surface area contributed by atoms with E-state index in [1.807, 2.05) is 19.1 Å². The molecule has 2 fully saturated rings. The Morgan fingerprint density at radius 3 is 2.79 bits per heavy atom. The highest BCUT2D eigenvalue weighted by Gasteiger charge is 2.33. The molecule has 8 heteroatoms. The van der Waals surface area contributed by atoms with E-state index in [1.54, 1.807) is 6.07 Å². The van der Waals surface area contributed by atoms with E-state index in [4.69, 9.17) is 16.0 Å². The summed E-state index contributed by atoms with van der Waals surface area (Å²) in [6.07, 6.45) is 4.43. The third-order valence-electron chi connectivity index (χ3n) is 7.16. The molecule has 34 heavy (non-hydrogen) atoms. The zero-order valence-corrected chi connectivity index (χ0v) is 20.4. The van der Waals surface area contributed by atoms with Crippen molar-refractivity contribution >= 4 is 40.3 Å². The number of nitrogens with one attached hydrogen (secondary N) is 1. The van der Waals surface area contributed by atoms with Crippen LogP contribution in [0.2, 0.25) is 5.02 Å². The fourth-order valence-corrected chi connectivity index (χ4v) is 5.49. The first-order valence-electron chi connectivity index (χ1n) is 12.0. The molecule has 1 amide bonds. The van der Waals surface area contributed by atoms with Crippen molar-refractivity contribution < 1.29 is 13.6 Å². The van der Waals surface area contributed by atoms with Crippen molar-refractivity contribution in [3.8, 4) is 0 Å². The number of piperazine rings is 1. The Morgan fingerprint density at radius 1 is 1.24 bits per heavy atom. The van der Waals surface area contributed by atoms with Crippen molar-refractivity contribution in [1.29, 1.82) is 0 Å². The van der Waals surface area contributed by atoms with Gasteiger partial charge in [0.25, 0.3) is 6.01 Å². The highest BCUT2D eigenvalue weighted by atomic mass is 35.5. The van der Waals surface area contributed by atoms with E-state index in [2.05, 4.69) is 27.0 Å². The van der Waals surface area contributed by atoms with E-state index < -0.39 is 0 Å². The fourth-order valence-electron chi connectivity index (χ4n) is 5.25. The molecule has 2 aliphatic rings. The van der Waals surface area contributed by atoms with Crippen LogP contribution in [0.5, 0.6) is 0 Å². The van der Waals surface area contributed by atoms with Gasteiger partial charge in [0.2, 0.25) is 5.91 Å². The van der Waals surface area contributed by atoms with Crippen LogP contribution in [-0.4, -0.2) is 46.4 Å². The summed E-state index contributed by atoms with van der Waals surface area (Å²) in [5, 5.41) is 3.82. The molecule has 6 nitrogen and oxygen atoms in total. The summed E-state index contributed by atoms with van der Waals surface area (Å²) in [6.45, 7) is 7.38. The van der Waals surface area contributed by atoms with Crippen LogP contribution in [0.25, 0.3) is 11.1 Å². The highest BCUT2D eigenvalue weighted by molar-refractivity contribution is 6.31. The van der Waals surface area contributed by atoms with Crippen molar-refractivity contribution in [2.75, 3.05) is 25.0 Å². The summed E-state index contributed by atoms with van der Waals surface area (Å²) in [5.41, 5.74) is 3.94. The summed E-state index contributed by atoms with van der Waals surface area (Å²) in [4.78, 5) is 21.7. The third kappa shape index (κ3) is 4.77. The van der Waals surface area contributed by atoms with Gasteiger partial charge in [-0.1, -0.05) is 24.4 Å². The molecule has 3 aromatic rings. The van der Waals surface area contributed by atoms with Gasteiger partial charge < -0.3 is 14.6 Å². The molecule has 1 saturated carbocycles. The van der Waals surface area contributed by atoms with E-state index in [0.29, 0.717) is 28.0 Å². The summed E-state index contributed by atoms with van der Waals surface area (Å²) in [7, 11) is 0. The topological polar surface area (TPSA) is 61.6 Å². The number of benzene rings is 2. The maximum absolute atomic E-state index is 13.5. The second-order valence-electron chi connectivity index (χ2n) is 9.59. The molecule has 1 saturated heterocycles. The van der Waals surface area contributed by atoms with Gasteiger partial charge in [-0.15, -0.1) is 0 Å². The SMILES string of the molecule is Cc1c(CN2CCN(C(=O)C3CCCC3)[C@@H](C)C2)cc(Cl)cc1Nc1nc2cc(F)ccc2o1. The number of rotatable bonds is 5. The Bertz CT molecular complexity index is 1210. The first kappa shape index (κ1) is 23.1. The van der Waals surface area contributed by atoms with E-state index in [1.165, 1.54) is 25.0 Å². The number of fused-ring (bicyclic) bond motifs is 1. The largest absolute Gasteiger partial charge is 0.423 e. The van der Waals surface area contributed by atoms with Crippen molar-refractivity contribution in [2.24, 2.45) is 5.92 Å². The minimum absolute atomic E-state index is 0.194. The van der Waals surface area contributed by atoms with Gasteiger partial charge >= 0.3 is 0 Å². The first-order valence-corrected chi connectivity index (χ1v) is 12.4. The minimum atomic E-state index is -0.354. The lowest BCUT2D eigenvalue weighted by molar-refractivity contribution is -0.140. The number of halogens is 2. The number of hydrogen-bond acceptors (Lipinski definition) is 5. The van der Waals surface area contributed by atoms with Gasteiger partial charge in [-0.25, -0.2) is 4.39 Å². The predicted molar refractivity (Wildman–Crippen MR) is 132 cm³/mol. The van der Waals surface area contributed by atoms with E-state index >= 15 is 0 Å². The Balaban J connectivity index is 1.28. The average Bonchev–Trinajstić information content (AvgIpc) is 3.46. The quantitative estimate of drug-likeness (QED) is 0.489. The summed E-state index contributed by atoms with van der Waals surface area (Å²) in [5.74, 6) is 0.210. The van der Waals surface area contributed by atoms with Crippen LogP contribution in [0.1, 0.15) is 43.7 Å². The molecule has 2 aromatic carbocycles. The summed E-state index contributed by atoms with van der Waals surface area (Å²) in [6, 6.07) is 8.59. The fraction of sp³-hybridized carbons (Fsp3) is 0.462. The second-order valence-corrected chi connectivity index (χ2v) is 10.0. The van der Waals surface area contributed by atoms with Gasteiger partial charge in [0.15, 0.2) is 5.58 Å². The number of amides is 1. The highest BCUT2D eigenvalue weighted by Crippen LogP contribution is 2.31. The third-order valence-corrected chi connectivity index (χ3v) is 7.38. The van der Waals surface area contributed by atoms with Gasteiger partial charge in [-0.2, -0.15) is 4.98 Å². The number of anilines is 2. The minimum Gasteiger partial charge on any atom is -0.423 e. The van der Waals surface area contributed by atoms with Crippen molar-refractivity contribution in [1.82, 2.24) is 14.8 Å². The van der Waals surface area contributed by atoms with E-state index in [-0.39, 0.29) is 17.8 Å². The lowest BCUT2D eigenvalue weighted by Crippen LogP contribution is -2.54. The second kappa shape index (κ2) is 9.55. The maximum Gasteiger partial charge on any atom is 0.300 e. The molecule has 1 N–H and O–H groups in total. The standard InChI is InChI=1S/C26H30ClFN4O2/c1-16-14-31(9-10-32(16)25(33)18-5-3-4-6-18)15-19-11-20(27)12-22(17(19)2)29-26-30-23-13-21(28)7-8-24(23)34-26/h7-8,11-13,16,18H,3-6,9-10,14-15H2,1-2H3,(H,29,30)/t16-/m0/s1. The molecule has 5 rings (SSSR count). The molecule has 0 spiro atoms. The molecular weight excluding hydrogens is 455 g/mol. The number of carbonyl (C=O) groups excluding carboxylic acids is 1. The maximum atomic E-state index is 13.5. The van der Waals surface area contributed by atoms with E-state index in [9.17, 15) is 9.18 Å². The molecule has 0 unspecified atom stereocenters. The Hall–Kier alpha value is -2.64. The molecule has 0 bridgehead atoms. The molecule has 0 radical (unpaired) electrons. The Kier molecular flexibility index (Phi) is 6.49. The normalized spacial score (nSPS) is 19.8. The lowest BCUT2D eigenvalue weighted by atomic mass is 10.0. The van der Waals surface area contributed by atoms with Crippen LogP contribution in [0.4, 0.5) is 16.1 Å². The average molecular weight is 485 g/mol. The molecule has 1 aliphatic heterocycles. The van der Waals surface area contributed by atoms with Gasteiger partial charge in [-0.3, -0.25) is 9.69 Å². The van der Waals surface area contributed by atoms with Gasteiger partial charge in [0.05, 0.1) is 0 Å². The van der Waals surface area contributed by atoms with Crippen LogP contribution in [0, 0.1) is 18.7 Å². The summed E-state index contributed by atoms with van der Waals surface area (Å²) < 4.78 is 19.2. The van der Waals surface area contributed by atoms with Gasteiger partial charge in [-0.05, 0) is 62.1 Å². The lowest BCUT2D eigenvalue weighted by Gasteiger charge is -2.41. The van der Waals surface area contributed by atoms with Crippen LogP contribution in [0.15, 0.2) is 34.7 Å². The molecule has 1 aromatic heterocycles. The zero-order chi connectivity index (χ0) is 23.8. The smallest absolute Gasteiger partial charge is 0.300 e.